The Morgan fingerprint density at radius 3 is 2.75 bits per heavy atom. The molecule has 1 N–H and O–H groups in total. The molecule has 0 aliphatic carbocycles. The largest absolute Gasteiger partial charge is 0.496 e. The number of para-hydroxylation sites is 1. The Labute approximate surface area is 95.1 Å². The molecular formula is C13H14N2O. The molecule has 0 aliphatic rings. The summed E-state index contributed by atoms with van der Waals surface area (Å²) in [5.41, 5.74) is 2.17. The number of rotatable bonds is 3. The summed E-state index contributed by atoms with van der Waals surface area (Å²) in [4.78, 5) is 4.19. The Morgan fingerprint density at radius 1 is 1.19 bits per heavy atom. The minimum atomic E-state index is 0.850. The van der Waals surface area contributed by atoms with Gasteiger partial charge in [0.2, 0.25) is 0 Å². The third-order valence-electron chi connectivity index (χ3n) is 2.43. The Hall–Kier alpha value is -2.03. The maximum Gasteiger partial charge on any atom is 0.126 e. The van der Waals surface area contributed by atoms with Crippen LogP contribution in [0.2, 0.25) is 0 Å². The number of benzene rings is 1. The SMILES string of the molecule is CNc1cc(-c2ccccc2OC)ccn1. The number of anilines is 1. The van der Waals surface area contributed by atoms with Crippen molar-refractivity contribution in [1.29, 1.82) is 0 Å². The van der Waals surface area contributed by atoms with Crippen LogP contribution in [0.5, 0.6) is 5.75 Å². The highest BCUT2D eigenvalue weighted by molar-refractivity contribution is 5.72. The van der Waals surface area contributed by atoms with E-state index in [-0.39, 0.29) is 0 Å². The van der Waals surface area contributed by atoms with Gasteiger partial charge in [0, 0.05) is 18.8 Å². The maximum absolute atomic E-state index is 5.33. The second-order valence-corrected chi connectivity index (χ2v) is 3.38. The van der Waals surface area contributed by atoms with Gasteiger partial charge in [-0.25, -0.2) is 4.98 Å². The summed E-state index contributed by atoms with van der Waals surface area (Å²) >= 11 is 0. The zero-order valence-electron chi connectivity index (χ0n) is 9.40. The fourth-order valence-corrected chi connectivity index (χ4v) is 1.62. The normalized spacial score (nSPS) is 9.88. The smallest absolute Gasteiger partial charge is 0.126 e. The Morgan fingerprint density at radius 2 is 2.00 bits per heavy atom. The van der Waals surface area contributed by atoms with Gasteiger partial charge in [-0.15, -0.1) is 0 Å². The quantitative estimate of drug-likeness (QED) is 0.853. The molecule has 1 heterocycles. The zero-order chi connectivity index (χ0) is 11.4. The summed E-state index contributed by atoms with van der Waals surface area (Å²) in [6, 6.07) is 11.9. The lowest BCUT2D eigenvalue weighted by molar-refractivity contribution is 0.416. The average Bonchev–Trinajstić information content (AvgIpc) is 2.38. The van der Waals surface area contributed by atoms with Crippen molar-refractivity contribution in [2.75, 3.05) is 19.5 Å². The van der Waals surface area contributed by atoms with Crippen LogP contribution < -0.4 is 10.1 Å². The first-order valence-corrected chi connectivity index (χ1v) is 5.12. The topological polar surface area (TPSA) is 34.1 Å². The predicted octanol–water partition coefficient (Wildman–Crippen LogP) is 2.80. The van der Waals surface area contributed by atoms with Gasteiger partial charge in [0.25, 0.3) is 0 Å². The number of ether oxygens (including phenoxy) is 1. The molecule has 2 aromatic rings. The van der Waals surface area contributed by atoms with Crippen molar-refractivity contribution in [2.45, 2.75) is 0 Å². The zero-order valence-corrected chi connectivity index (χ0v) is 9.40. The first kappa shape index (κ1) is 10.5. The van der Waals surface area contributed by atoms with Gasteiger partial charge in [0.1, 0.15) is 11.6 Å². The van der Waals surface area contributed by atoms with Crippen molar-refractivity contribution < 1.29 is 4.74 Å². The van der Waals surface area contributed by atoms with E-state index < -0.39 is 0 Å². The van der Waals surface area contributed by atoms with Crippen LogP contribution in [0.4, 0.5) is 5.82 Å². The first-order chi connectivity index (χ1) is 7.85. The van der Waals surface area contributed by atoms with E-state index in [1.807, 2.05) is 43.4 Å². The van der Waals surface area contributed by atoms with Gasteiger partial charge in [-0.05, 0) is 23.8 Å². The van der Waals surface area contributed by atoms with Crippen molar-refractivity contribution in [3.05, 3.63) is 42.6 Å². The molecule has 0 aliphatic heterocycles. The summed E-state index contributed by atoms with van der Waals surface area (Å²) in [6.45, 7) is 0. The molecule has 0 radical (unpaired) electrons. The maximum atomic E-state index is 5.33. The summed E-state index contributed by atoms with van der Waals surface area (Å²) < 4.78 is 5.33. The fraction of sp³-hybridized carbons (Fsp3) is 0.154. The van der Waals surface area contributed by atoms with Crippen LogP contribution in [0.3, 0.4) is 0 Å². The van der Waals surface area contributed by atoms with Crippen molar-refractivity contribution in [3.8, 4) is 16.9 Å². The molecule has 0 fully saturated rings. The van der Waals surface area contributed by atoms with Gasteiger partial charge in [-0.3, -0.25) is 0 Å². The van der Waals surface area contributed by atoms with E-state index in [4.69, 9.17) is 4.74 Å². The molecule has 0 saturated carbocycles. The van der Waals surface area contributed by atoms with E-state index in [1.54, 1.807) is 13.3 Å². The highest BCUT2D eigenvalue weighted by atomic mass is 16.5. The molecule has 0 atom stereocenters. The first-order valence-electron chi connectivity index (χ1n) is 5.12. The Bertz CT molecular complexity index is 483. The van der Waals surface area contributed by atoms with Crippen LogP contribution in [0.1, 0.15) is 0 Å². The third kappa shape index (κ3) is 1.98. The monoisotopic (exact) mass is 214 g/mol. The predicted molar refractivity (Wildman–Crippen MR) is 65.8 cm³/mol. The van der Waals surface area contributed by atoms with E-state index in [2.05, 4.69) is 10.3 Å². The lowest BCUT2D eigenvalue weighted by atomic mass is 10.1. The summed E-state index contributed by atoms with van der Waals surface area (Å²) in [5.74, 6) is 1.72. The van der Waals surface area contributed by atoms with Crippen LogP contribution >= 0.6 is 0 Å². The van der Waals surface area contributed by atoms with Crippen molar-refractivity contribution in [3.63, 3.8) is 0 Å². The molecule has 3 nitrogen and oxygen atoms in total. The lowest BCUT2D eigenvalue weighted by Crippen LogP contribution is -1.93. The van der Waals surface area contributed by atoms with E-state index >= 15 is 0 Å². The van der Waals surface area contributed by atoms with Gasteiger partial charge < -0.3 is 10.1 Å². The molecule has 0 bridgehead atoms. The average molecular weight is 214 g/mol. The number of hydrogen-bond donors (Lipinski definition) is 1. The molecule has 0 spiro atoms. The van der Waals surface area contributed by atoms with E-state index in [1.165, 1.54) is 0 Å². The van der Waals surface area contributed by atoms with Crippen LogP contribution in [0, 0.1) is 0 Å². The number of nitrogens with one attached hydrogen (secondary N) is 1. The number of hydrogen-bond acceptors (Lipinski definition) is 3. The van der Waals surface area contributed by atoms with Crippen LogP contribution in [0.15, 0.2) is 42.6 Å². The molecule has 2 rings (SSSR count). The minimum Gasteiger partial charge on any atom is -0.496 e. The summed E-state index contributed by atoms with van der Waals surface area (Å²) in [7, 11) is 3.54. The van der Waals surface area contributed by atoms with Crippen LogP contribution in [-0.4, -0.2) is 19.1 Å². The molecular weight excluding hydrogens is 200 g/mol. The van der Waals surface area contributed by atoms with E-state index in [0.717, 1.165) is 22.7 Å². The minimum absolute atomic E-state index is 0.850. The third-order valence-corrected chi connectivity index (χ3v) is 2.43. The van der Waals surface area contributed by atoms with Crippen molar-refractivity contribution in [2.24, 2.45) is 0 Å². The standard InChI is InChI=1S/C13H14N2O/c1-14-13-9-10(7-8-15-13)11-5-3-4-6-12(11)16-2/h3-9H,1-2H3,(H,14,15). The number of pyridine rings is 1. The van der Waals surface area contributed by atoms with Gasteiger partial charge in [-0.1, -0.05) is 18.2 Å². The molecule has 0 saturated heterocycles. The van der Waals surface area contributed by atoms with Crippen LogP contribution in [-0.2, 0) is 0 Å². The molecule has 1 aromatic heterocycles. The van der Waals surface area contributed by atoms with Crippen molar-refractivity contribution >= 4 is 5.82 Å². The van der Waals surface area contributed by atoms with E-state index in [0.29, 0.717) is 0 Å². The number of nitrogens with zero attached hydrogens (tertiary/aromatic N) is 1. The lowest BCUT2D eigenvalue weighted by Gasteiger charge is -2.09. The number of methoxy groups -OCH3 is 1. The Balaban J connectivity index is 2.49. The Kier molecular flexibility index (Phi) is 3.05. The summed E-state index contributed by atoms with van der Waals surface area (Å²) in [5, 5.41) is 3.02. The molecule has 0 unspecified atom stereocenters. The van der Waals surface area contributed by atoms with Gasteiger partial charge >= 0.3 is 0 Å². The van der Waals surface area contributed by atoms with Crippen LogP contribution in [0.25, 0.3) is 11.1 Å². The van der Waals surface area contributed by atoms with E-state index in [9.17, 15) is 0 Å². The number of aromatic nitrogens is 1. The molecule has 1 aromatic carbocycles. The highest BCUT2D eigenvalue weighted by Gasteiger charge is 2.04. The van der Waals surface area contributed by atoms with Gasteiger partial charge in [0.05, 0.1) is 7.11 Å². The molecule has 82 valence electrons. The molecule has 0 amide bonds. The molecule has 3 heteroatoms. The fourth-order valence-electron chi connectivity index (χ4n) is 1.62. The van der Waals surface area contributed by atoms with Gasteiger partial charge in [0.15, 0.2) is 0 Å². The highest BCUT2D eigenvalue weighted by Crippen LogP contribution is 2.30. The second kappa shape index (κ2) is 4.66. The second-order valence-electron chi connectivity index (χ2n) is 3.38. The van der Waals surface area contributed by atoms with Crippen molar-refractivity contribution in [1.82, 2.24) is 4.98 Å². The summed E-state index contributed by atoms with van der Waals surface area (Å²) in [6.07, 6.45) is 1.79. The van der Waals surface area contributed by atoms with Gasteiger partial charge in [-0.2, -0.15) is 0 Å². The molecule has 16 heavy (non-hydrogen) atoms.